The Morgan fingerprint density at radius 3 is 2.53 bits per heavy atom. The molecule has 0 aliphatic carbocycles. The van der Waals surface area contributed by atoms with E-state index in [1.54, 1.807) is 12.1 Å². The second kappa shape index (κ2) is 8.75. The average molecular weight is 470 g/mol. The lowest BCUT2D eigenvalue weighted by Crippen LogP contribution is -2.49. The highest BCUT2D eigenvalue weighted by Gasteiger charge is 2.36. The third-order valence-corrected chi connectivity index (χ3v) is 5.58. The van der Waals surface area contributed by atoms with Gasteiger partial charge in [0.1, 0.15) is 24.2 Å². The van der Waals surface area contributed by atoms with Crippen LogP contribution in [0.2, 0.25) is 0 Å². The number of hydrogen-bond acceptors (Lipinski definition) is 5. The monoisotopic (exact) mass is 469 g/mol. The Balaban J connectivity index is 1.50. The van der Waals surface area contributed by atoms with Crippen molar-refractivity contribution in [1.29, 1.82) is 0 Å². The summed E-state index contributed by atoms with van der Waals surface area (Å²) >= 11 is 3.38. The van der Waals surface area contributed by atoms with E-state index in [9.17, 15) is 9.59 Å². The molecule has 30 heavy (non-hydrogen) atoms. The molecule has 6 nitrogen and oxygen atoms in total. The zero-order valence-electron chi connectivity index (χ0n) is 16.3. The van der Waals surface area contributed by atoms with Crippen molar-refractivity contribution in [2.45, 2.75) is 25.6 Å². The van der Waals surface area contributed by atoms with Crippen molar-refractivity contribution in [3.05, 3.63) is 87.8 Å². The van der Waals surface area contributed by atoms with Crippen molar-refractivity contribution in [2.75, 3.05) is 7.11 Å². The highest BCUT2D eigenvalue weighted by atomic mass is 79.9. The van der Waals surface area contributed by atoms with Gasteiger partial charge in [-0.3, -0.25) is 4.79 Å². The number of rotatable bonds is 5. The zero-order valence-corrected chi connectivity index (χ0v) is 17.9. The molecule has 2 heterocycles. The van der Waals surface area contributed by atoms with Crippen LogP contribution in [0.1, 0.15) is 27.4 Å². The van der Waals surface area contributed by atoms with Crippen LogP contribution in [-0.4, -0.2) is 29.9 Å². The number of esters is 1. The molecule has 7 heteroatoms. The molecule has 1 atom stereocenters. The molecule has 0 saturated heterocycles. The number of hydrogen-bond donors (Lipinski definition) is 0. The Labute approximate surface area is 182 Å². The van der Waals surface area contributed by atoms with Gasteiger partial charge in [-0.05, 0) is 47.5 Å². The highest BCUT2D eigenvalue weighted by molar-refractivity contribution is 9.10. The summed E-state index contributed by atoms with van der Waals surface area (Å²) in [5, 5.41) is 0. The van der Waals surface area contributed by atoms with Gasteiger partial charge in [0.25, 0.3) is 5.91 Å². The molecule has 0 fully saturated rings. The predicted octanol–water partition coefficient (Wildman–Crippen LogP) is 4.36. The Kier molecular flexibility index (Phi) is 5.90. The summed E-state index contributed by atoms with van der Waals surface area (Å²) in [6.07, 6.45) is 0.412. The molecule has 0 radical (unpaired) electrons. The molecular weight excluding hydrogens is 450 g/mol. The van der Waals surface area contributed by atoms with Crippen molar-refractivity contribution in [1.82, 2.24) is 4.90 Å². The molecule has 2 aromatic carbocycles. The standard InChI is InChI=1S/C23H20BrNO5/c1-28-23(27)20-12-15-4-2-3-5-16(15)13-25(20)22(26)21-11-10-19(30-21)14-29-18-8-6-17(24)7-9-18/h2-11,20H,12-14H2,1H3. The van der Waals surface area contributed by atoms with Gasteiger partial charge in [0.2, 0.25) is 0 Å². The molecule has 1 aromatic heterocycles. The number of ether oxygens (including phenoxy) is 2. The van der Waals surface area contributed by atoms with Crippen molar-refractivity contribution in [3.8, 4) is 5.75 Å². The molecule has 0 spiro atoms. The summed E-state index contributed by atoms with van der Waals surface area (Å²) in [6.45, 7) is 0.512. The van der Waals surface area contributed by atoms with Crippen LogP contribution in [0.25, 0.3) is 0 Å². The summed E-state index contributed by atoms with van der Waals surface area (Å²) in [5.74, 6) is 0.588. The summed E-state index contributed by atoms with van der Waals surface area (Å²) in [4.78, 5) is 27.0. The minimum absolute atomic E-state index is 0.165. The van der Waals surface area contributed by atoms with E-state index in [4.69, 9.17) is 13.9 Å². The Bertz CT molecular complexity index is 1060. The topological polar surface area (TPSA) is 69.0 Å². The van der Waals surface area contributed by atoms with Gasteiger partial charge in [0, 0.05) is 17.4 Å². The molecule has 0 N–H and O–H groups in total. The van der Waals surface area contributed by atoms with Crippen LogP contribution >= 0.6 is 15.9 Å². The van der Waals surface area contributed by atoms with Gasteiger partial charge in [-0.1, -0.05) is 40.2 Å². The maximum Gasteiger partial charge on any atom is 0.328 e. The molecule has 1 unspecified atom stereocenters. The maximum absolute atomic E-state index is 13.1. The van der Waals surface area contributed by atoms with E-state index in [2.05, 4.69) is 15.9 Å². The fraction of sp³-hybridized carbons (Fsp3) is 0.217. The third-order valence-electron chi connectivity index (χ3n) is 5.05. The quantitative estimate of drug-likeness (QED) is 0.519. The van der Waals surface area contributed by atoms with Crippen molar-refractivity contribution in [3.63, 3.8) is 0 Å². The number of fused-ring (bicyclic) bond motifs is 1. The van der Waals surface area contributed by atoms with Crippen LogP contribution in [0, 0.1) is 0 Å². The minimum atomic E-state index is -0.690. The van der Waals surface area contributed by atoms with E-state index in [1.165, 1.54) is 12.0 Å². The van der Waals surface area contributed by atoms with Crippen molar-refractivity contribution >= 4 is 27.8 Å². The smallest absolute Gasteiger partial charge is 0.328 e. The van der Waals surface area contributed by atoms with Crippen LogP contribution in [0.3, 0.4) is 0 Å². The largest absolute Gasteiger partial charge is 0.486 e. The van der Waals surface area contributed by atoms with Gasteiger partial charge in [0.15, 0.2) is 5.76 Å². The second-order valence-electron chi connectivity index (χ2n) is 6.95. The van der Waals surface area contributed by atoms with Gasteiger partial charge in [-0.15, -0.1) is 0 Å². The van der Waals surface area contributed by atoms with E-state index in [-0.39, 0.29) is 18.3 Å². The lowest BCUT2D eigenvalue weighted by atomic mass is 9.93. The van der Waals surface area contributed by atoms with Crippen LogP contribution < -0.4 is 4.74 Å². The van der Waals surface area contributed by atoms with Crippen LogP contribution in [-0.2, 0) is 29.1 Å². The van der Waals surface area contributed by atoms with Crippen LogP contribution in [0.5, 0.6) is 5.75 Å². The summed E-state index contributed by atoms with van der Waals surface area (Å²) < 4.78 is 17.3. The van der Waals surface area contributed by atoms with Gasteiger partial charge in [-0.25, -0.2) is 4.79 Å². The van der Waals surface area contributed by atoms with E-state index in [0.717, 1.165) is 15.6 Å². The van der Waals surface area contributed by atoms with Gasteiger partial charge >= 0.3 is 5.97 Å². The molecule has 1 aliphatic heterocycles. The summed E-state index contributed by atoms with van der Waals surface area (Å²) in [6, 6.07) is 17.8. The molecule has 154 valence electrons. The highest BCUT2D eigenvalue weighted by Crippen LogP contribution is 2.26. The predicted molar refractivity (Wildman–Crippen MR) is 113 cm³/mol. The van der Waals surface area contributed by atoms with E-state index < -0.39 is 12.0 Å². The Morgan fingerprint density at radius 1 is 1.07 bits per heavy atom. The molecule has 0 saturated carbocycles. The molecule has 1 aliphatic rings. The van der Waals surface area contributed by atoms with Gasteiger partial charge in [0.05, 0.1) is 7.11 Å². The number of carbonyl (C=O) groups excluding carboxylic acids is 2. The lowest BCUT2D eigenvalue weighted by Gasteiger charge is -2.34. The molecule has 3 aromatic rings. The minimum Gasteiger partial charge on any atom is -0.486 e. The summed E-state index contributed by atoms with van der Waals surface area (Å²) in [5.41, 5.74) is 2.05. The first-order chi connectivity index (χ1) is 14.5. The third kappa shape index (κ3) is 4.26. The first kappa shape index (κ1) is 20.2. The molecule has 1 amide bonds. The Morgan fingerprint density at radius 2 is 1.80 bits per heavy atom. The number of carbonyl (C=O) groups is 2. The fourth-order valence-electron chi connectivity index (χ4n) is 3.48. The SMILES string of the molecule is COC(=O)C1Cc2ccccc2CN1C(=O)c1ccc(COc2ccc(Br)cc2)o1. The lowest BCUT2D eigenvalue weighted by molar-refractivity contribution is -0.146. The molecule has 4 rings (SSSR count). The van der Waals surface area contributed by atoms with Crippen molar-refractivity contribution < 1.29 is 23.5 Å². The number of halogens is 1. The summed E-state index contributed by atoms with van der Waals surface area (Å²) in [7, 11) is 1.33. The first-order valence-electron chi connectivity index (χ1n) is 9.48. The number of furan rings is 1. The van der Waals surface area contributed by atoms with Gasteiger partial charge < -0.3 is 18.8 Å². The van der Waals surface area contributed by atoms with Crippen LogP contribution in [0.15, 0.2) is 69.6 Å². The van der Waals surface area contributed by atoms with E-state index >= 15 is 0 Å². The Hall–Kier alpha value is -3.06. The molecular formula is C23H20BrNO5. The zero-order chi connectivity index (χ0) is 21.1. The average Bonchev–Trinajstić information content (AvgIpc) is 3.26. The fourth-order valence-corrected chi connectivity index (χ4v) is 3.74. The van der Waals surface area contributed by atoms with Crippen LogP contribution in [0.4, 0.5) is 0 Å². The number of nitrogens with zero attached hydrogens (tertiary/aromatic N) is 1. The van der Waals surface area contributed by atoms with Crippen molar-refractivity contribution in [2.24, 2.45) is 0 Å². The first-order valence-corrected chi connectivity index (χ1v) is 10.3. The number of methoxy groups -OCH3 is 1. The van der Waals surface area contributed by atoms with Gasteiger partial charge in [-0.2, -0.15) is 0 Å². The molecule has 0 bridgehead atoms. The second-order valence-corrected chi connectivity index (χ2v) is 7.87. The normalized spacial score (nSPS) is 15.4. The van der Waals surface area contributed by atoms with E-state index in [0.29, 0.717) is 24.5 Å². The number of amides is 1. The van der Waals surface area contributed by atoms with E-state index in [1.807, 2.05) is 48.5 Å². The number of benzene rings is 2. The maximum atomic E-state index is 13.1.